The van der Waals surface area contributed by atoms with Crippen molar-refractivity contribution < 1.29 is 33.5 Å². The van der Waals surface area contributed by atoms with Gasteiger partial charge in [-0.25, -0.2) is 9.37 Å². The Labute approximate surface area is 364 Å². The van der Waals surface area contributed by atoms with Crippen LogP contribution in [0, 0.1) is 33.9 Å². The van der Waals surface area contributed by atoms with Gasteiger partial charge in [0, 0.05) is 76.1 Å². The molecular formula is C47H50FN9O6. The molecule has 9 rings (SSSR count). The van der Waals surface area contributed by atoms with Crippen LogP contribution in [0.5, 0.6) is 5.75 Å². The number of aromatic nitrogens is 2. The van der Waals surface area contributed by atoms with E-state index < -0.39 is 35.5 Å². The van der Waals surface area contributed by atoms with Gasteiger partial charge in [0.05, 0.1) is 33.5 Å². The number of hydrogen-bond acceptors (Lipinski definition) is 12. The number of nitrogens with one attached hydrogen (secondary N) is 2. The number of aromatic hydroxyl groups is 1. The molecule has 6 heterocycles. The zero-order valence-corrected chi connectivity index (χ0v) is 35.6. The van der Waals surface area contributed by atoms with Gasteiger partial charge in [0.15, 0.2) is 0 Å². The van der Waals surface area contributed by atoms with Gasteiger partial charge < -0.3 is 20.2 Å². The van der Waals surface area contributed by atoms with Crippen LogP contribution >= 0.6 is 0 Å². The summed E-state index contributed by atoms with van der Waals surface area (Å²) in [5.41, 5.74) is 2.03. The topological polar surface area (TPSA) is 192 Å². The Bertz CT molecular complexity index is 2600. The lowest BCUT2D eigenvalue weighted by molar-refractivity contribution is -0.136. The van der Waals surface area contributed by atoms with Crippen LogP contribution in [0.1, 0.15) is 95.1 Å². The van der Waals surface area contributed by atoms with E-state index in [1.54, 1.807) is 18.5 Å². The molecule has 0 bridgehead atoms. The fourth-order valence-corrected chi connectivity index (χ4v) is 11.1. The number of phenolic OH excluding ortho intramolecular Hbond substituents is 1. The first-order valence-corrected chi connectivity index (χ1v) is 21.7. The van der Waals surface area contributed by atoms with Crippen molar-refractivity contribution in [2.45, 2.75) is 71.4 Å². The Morgan fingerprint density at radius 2 is 1.67 bits per heavy atom. The van der Waals surface area contributed by atoms with E-state index in [-0.39, 0.29) is 58.2 Å². The Hall–Kier alpha value is -6.47. The van der Waals surface area contributed by atoms with E-state index in [9.17, 15) is 34.3 Å². The molecule has 3 atom stereocenters. The number of fused-ring (bicyclic) bond motifs is 2. The number of carbonyl (C=O) groups excluding carboxylic acids is 5. The van der Waals surface area contributed by atoms with E-state index >= 15 is 4.39 Å². The maximum Gasteiger partial charge on any atom is 0.262 e. The SMILES string of the molecule is CC1(C)CC(C)(Cc2ccnc3c(C#N)ccc(O)c23)[C@H]1NC(=O)c1ccc(N2CCC(CN3CCN(c4cc5c(cc4F)C(=O)N(C4CCC(=O)NC4=O)C5=O)CC3)CC2)nc1. The van der Waals surface area contributed by atoms with Gasteiger partial charge in [-0.3, -0.25) is 44.1 Å². The second-order valence-corrected chi connectivity index (χ2v) is 18.8. The van der Waals surface area contributed by atoms with E-state index in [1.807, 2.05) is 23.1 Å². The van der Waals surface area contributed by atoms with Crippen molar-refractivity contribution in [3.8, 4) is 11.8 Å². The third-order valence-corrected chi connectivity index (χ3v) is 14.0. The summed E-state index contributed by atoms with van der Waals surface area (Å²) < 4.78 is 15.5. The smallest absolute Gasteiger partial charge is 0.262 e. The number of amides is 5. The van der Waals surface area contributed by atoms with Crippen LogP contribution in [0.25, 0.3) is 10.9 Å². The number of hydrogen-bond donors (Lipinski definition) is 3. The minimum Gasteiger partial charge on any atom is -0.507 e. The van der Waals surface area contributed by atoms with E-state index in [1.165, 1.54) is 12.1 Å². The lowest BCUT2D eigenvalue weighted by atomic mass is 9.49. The first kappa shape index (κ1) is 41.9. The normalized spacial score (nSPS) is 24.0. The van der Waals surface area contributed by atoms with E-state index in [0.29, 0.717) is 60.5 Å². The molecule has 2 aromatic carbocycles. The highest BCUT2D eigenvalue weighted by atomic mass is 19.1. The predicted octanol–water partition coefficient (Wildman–Crippen LogP) is 4.56. The number of piperazine rings is 1. The highest BCUT2D eigenvalue weighted by molar-refractivity contribution is 6.23. The van der Waals surface area contributed by atoms with Gasteiger partial charge in [-0.1, -0.05) is 20.8 Å². The molecule has 5 amide bonds. The Morgan fingerprint density at radius 3 is 2.33 bits per heavy atom. The van der Waals surface area contributed by atoms with Crippen molar-refractivity contribution in [3.63, 3.8) is 0 Å². The van der Waals surface area contributed by atoms with Crippen LogP contribution in [-0.2, 0) is 16.0 Å². The Kier molecular flexibility index (Phi) is 10.6. The molecule has 4 aliphatic heterocycles. The number of imide groups is 2. The van der Waals surface area contributed by atoms with E-state index in [4.69, 9.17) is 4.98 Å². The number of pyridine rings is 2. The highest BCUT2D eigenvalue weighted by Gasteiger charge is 2.56. The molecule has 3 N–H and O–H groups in total. The molecule has 16 heteroatoms. The standard InChI is InChI=1S/C47H50FN9O6/c1-46(2)26-47(3,22-28-10-13-50-40-29(23-49)4-7-36(58)39(28)40)45(46)53-41(60)30-5-8-37(51-24-30)56-14-11-27(12-15-56)25-54-16-18-55(19-17-54)35-21-32-31(20-33(35)48)43(62)57(44(32)63)34-6-9-38(59)52-42(34)61/h4-5,7-8,10,13,20-21,24,27,34,45,58H,6,9,11-12,14-19,22,25-26H2,1-3H3,(H,53,60)(H,52,59,61)/t34?,45-,47?/m0/s1. The number of anilines is 2. The molecule has 2 aromatic heterocycles. The van der Waals surface area contributed by atoms with Gasteiger partial charge in [-0.2, -0.15) is 5.26 Å². The van der Waals surface area contributed by atoms with Gasteiger partial charge in [-0.05, 0) is 96.9 Å². The molecule has 1 aliphatic carbocycles. The van der Waals surface area contributed by atoms with Crippen molar-refractivity contribution in [3.05, 3.63) is 88.5 Å². The second kappa shape index (κ2) is 16.0. The van der Waals surface area contributed by atoms with Crippen LogP contribution in [0.15, 0.2) is 54.9 Å². The largest absolute Gasteiger partial charge is 0.507 e. The number of rotatable bonds is 9. The lowest BCUT2D eigenvalue weighted by Gasteiger charge is -2.59. The average molecular weight is 856 g/mol. The van der Waals surface area contributed by atoms with Crippen LogP contribution in [0.4, 0.5) is 15.9 Å². The average Bonchev–Trinajstić information content (AvgIpc) is 3.50. The lowest BCUT2D eigenvalue weighted by Crippen LogP contribution is -2.65. The van der Waals surface area contributed by atoms with Crippen molar-refractivity contribution in [1.82, 2.24) is 30.4 Å². The van der Waals surface area contributed by atoms with Crippen LogP contribution in [0.3, 0.4) is 0 Å². The third kappa shape index (κ3) is 7.62. The summed E-state index contributed by atoms with van der Waals surface area (Å²) in [6.45, 7) is 11.5. The predicted molar refractivity (Wildman–Crippen MR) is 230 cm³/mol. The molecule has 0 radical (unpaired) electrons. The van der Waals surface area contributed by atoms with Crippen LogP contribution in [0.2, 0.25) is 0 Å². The van der Waals surface area contributed by atoms with E-state index in [0.717, 1.165) is 61.2 Å². The number of halogens is 1. The van der Waals surface area contributed by atoms with Crippen molar-refractivity contribution in [2.24, 2.45) is 16.7 Å². The second-order valence-electron chi connectivity index (χ2n) is 18.8. The van der Waals surface area contributed by atoms with Crippen LogP contribution in [-0.4, -0.2) is 112 Å². The third-order valence-electron chi connectivity index (χ3n) is 14.0. The summed E-state index contributed by atoms with van der Waals surface area (Å²) in [6.07, 6.45) is 6.74. The molecule has 3 saturated heterocycles. The molecular weight excluding hydrogens is 806 g/mol. The maximum absolute atomic E-state index is 15.5. The van der Waals surface area contributed by atoms with Crippen LogP contribution < -0.4 is 20.4 Å². The number of piperidine rings is 2. The number of phenols is 1. The number of benzene rings is 2. The molecule has 1 saturated carbocycles. The molecule has 5 aliphatic rings. The van der Waals surface area contributed by atoms with Crippen molar-refractivity contribution in [2.75, 3.05) is 55.6 Å². The molecule has 326 valence electrons. The Balaban J connectivity index is 0.761. The molecule has 4 aromatic rings. The quantitative estimate of drug-likeness (QED) is 0.199. The zero-order valence-electron chi connectivity index (χ0n) is 35.6. The zero-order chi connectivity index (χ0) is 44.4. The number of nitrogens with zero attached hydrogens (tertiary/aromatic N) is 7. The first-order chi connectivity index (χ1) is 30.1. The van der Waals surface area contributed by atoms with Crippen molar-refractivity contribution in [1.29, 1.82) is 5.26 Å². The molecule has 4 fully saturated rings. The molecule has 0 spiro atoms. The summed E-state index contributed by atoms with van der Waals surface area (Å²) >= 11 is 0. The summed E-state index contributed by atoms with van der Waals surface area (Å²) in [7, 11) is 0. The van der Waals surface area contributed by atoms with Gasteiger partial charge in [0.1, 0.15) is 29.5 Å². The number of nitriles is 1. The summed E-state index contributed by atoms with van der Waals surface area (Å²) in [5.74, 6) is -1.96. The summed E-state index contributed by atoms with van der Waals surface area (Å²) in [6, 6.07) is 12.2. The van der Waals surface area contributed by atoms with Gasteiger partial charge in [0.2, 0.25) is 11.8 Å². The minimum absolute atomic E-state index is 0.0103. The monoisotopic (exact) mass is 855 g/mol. The van der Waals surface area contributed by atoms with Crippen molar-refractivity contribution >= 4 is 51.9 Å². The highest BCUT2D eigenvalue weighted by Crippen LogP contribution is 2.56. The Morgan fingerprint density at radius 1 is 0.937 bits per heavy atom. The number of carbonyl (C=O) groups is 5. The van der Waals surface area contributed by atoms with E-state index in [2.05, 4.69) is 52.3 Å². The van der Waals surface area contributed by atoms with Gasteiger partial charge in [0.25, 0.3) is 17.7 Å². The fourth-order valence-electron chi connectivity index (χ4n) is 11.1. The minimum atomic E-state index is -1.11. The van der Waals surface area contributed by atoms with Gasteiger partial charge in [-0.15, -0.1) is 0 Å². The summed E-state index contributed by atoms with van der Waals surface area (Å²) in [4.78, 5) is 80.7. The fraction of sp³-hybridized carbons (Fsp3) is 0.447. The van der Waals surface area contributed by atoms with Gasteiger partial charge >= 0.3 is 0 Å². The summed E-state index contributed by atoms with van der Waals surface area (Å²) in [5, 5.41) is 26.5. The maximum atomic E-state index is 15.5. The molecule has 15 nitrogen and oxygen atoms in total. The molecule has 2 unspecified atom stereocenters. The first-order valence-electron chi connectivity index (χ1n) is 21.7. The molecule has 63 heavy (non-hydrogen) atoms.